The predicted octanol–water partition coefficient (Wildman–Crippen LogP) is 2.03. The van der Waals surface area contributed by atoms with Crippen LogP contribution in [0.5, 0.6) is 0 Å². The highest BCUT2D eigenvalue weighted by atomic mass is 16.5. The third-order valence-corrected chi connectivity index (χ3v) is 3.30. The zero-order valence-corrected chi connectivity index (χ0v) is 13.9. The molecule has 0 radical (unpaired) electrons. The van der Waals surface area contributed by atoms with Crippen LogP contribution in [-0.4, -0.2) is 39.7 Å². The van der Waals surface area contributed by atoms with E-state index in [1.54, 1.807) is 30.1 Å². The molecule has 0 fully saturated rings. The fourth-order valence-corrected chi connectivity index (χ4v) is 2.18. The van der Waals surface area contributed by atoms with Crippen LogP contribution in [0.1, 0.15) is 18.1 Å². The summed E-state index contributed by atoms with van der Waals surface area (Å²) in [5.41, 5.74) is 1.77. The molecular formula is C18H21N3O3. The number of ether oxygens (including phenoxy) is 1. The fourth-order valence-electron chi connectivity index (χ4n) is 2.18. The number of aromatic nitrogens is 2. The third-order valence-electron chi connectivity index (χ3n) is 3.30. The molecule has 0 bridgehead atoms. The fraction of sp³-hybridized carbons (Fsp3) is 0.278. The van der Waals surface area contributed by atoms with Crippen LogP contribution in [0.4, 0.5) is 0 Å². The van der Waals surface area contributed by atoms with E-state index < -0.39 is 5.97 Å². The number of rotatable bonds is 7. The molecule has 0 spiro atoms. The molecule has 2 aromatic rings. The number of benzene rings is 1. The van der Waals surface area contributed by atoms with Gasteiger partial charge in [-0.3, -0.25) is 14.3 Å². The average molecular weight is 327 g/mol. The van der Waals surface area contributed by atoms with Gasteiger partial charge in [-0.05, 0) is 18.6 Å². The van der Waals surface area contributed by atoms with E-state index in [1.807, 2.05) is 37.4 Å². The quantitative estimate of drug-likeness (QED) is 0.576. The van der Waals surface area contributed by atoms with Crippen LogP contribution < -0.4 is 0 Å². The van der Waals surface area contributed by atoms with E-state index in [9.17, 15) is 9.59 Å². The Balaban J connectivity index is 2.09. The number of amides is 1. The summed E-state index contributed by atoms with van der Waals surface area (Å²) < 4.78 is 6.61. The Kier molecular flexibility index (Phi) is 6.31. The molecule has 0 aliphatic heterocycles. The SMILES string of the molecule is CCOC(=O)CN(Cc1ccccc1)C(=O)/C=C/c1cnn(C)c1. The number of carbonyl (C=O) groups is 2. The lowest BCUT2D eigenvalue weighted by molar-refractivity contribution is -0.148. The van der Waals surface area contributed by atoms with Crippen molar-refractivity contribution in [1.29, 1.82) is 0 Å². The monoisotopic (exact) mass is 327 g/mol. The van der Waals surface area contributed by atoms with Gasteiger partial charge < -0.3 is 9.64 Å². The van der Waals surface area contributed by atoms with E-state index in [1.165, 1.54) is 11.0 Å². The minimum absolute atomic E-state index is 0.0844. The maximum absolute atomic E-state index is 12.5. The van der Waals surface area contributed by atoms with Gasteiger partial charge >= 0.3 is 5.97 Å². The third kappa shape index (κ3) is 5.39. The molecule has 24 heavy (non-hydrogen) atoms. The minimum Gasteiger partial charge on any atom is -0.465 e. The van der Waals surface area contributed by atoms with Crippen molar-refractivity contribution in [2.24, 2.45) is 7.05 Å². The predicted molar refractivity (Wildman–Crippen MR) is 90.7 cm³/mol. The van der Waals surface area contributed by atoms with Gasteiger partial charge in [-0.25, -0.2) is 0 Å². The van der Waals surface area contributed by atoms with E-state index in [-0.39, 0.29) is 19.1 Å². The number of hydrogen-bond acceptors (Lipinski definition) is 4. The zero-order chi connectivity index (χ0) is 17.4. The van der Waals surface area contributed by atoms with Crippen molar-refractivity contribution in [2.75, 3.05) is 13.2 Å². The summed E-state index contributed by atoms with van der Waals surface area (Å²) in [7, 11) is 1.81. The van der Waals surface area contributed by atoms with Gasteiger partial charge in [0.05, 0.1) is 12.8 Å². The lowest BCUT2D eigenvalue weighted by atomic mass is 10.2. The van der Waals surface area contributed by atoms with Crippen LogP contribution in [0.15, 0.2) is 48.8 Å². The van der Waals surface area contributed by atoms with Crippen molar-refractivity contribution in [3.05, 3.63) is 59.9 Å². The summed E-state index contributed by atoms with van der Waals surface area (Å²) in [5, 5.41) is 4.05. The molecule has 6 heteroatoms. The number of nitrogens with zero attached hydrogens (tertiary/aromatic N) is 3. The molecule has 0 saturated heterocycles. The number of hydrogen-bond donors (Lipinski definition) is 0. The molecule has 0 unspecified atom stereocenters. The number of carbonyl (C=O) groups excluding carboxylic acids is 2. The maximum Gasteiger partial charge on any atom is 0.325 e. The number of aryl methyl sites for hydroxylation is 1. The molecule has 126 valence electrons. The Bertz CT molecular complexity index is 707. The van der Waals surface area contributed by atoms with Gasteiger partial charge in [0.25, 0.3) is 0 Å². The molecular weight excluding hydrogens is 306 g/mol. The van der Waals surface area contributed by atoms with Crippen LogP contribution in [0.2, 0.25) is 0 Å². The van der Waals surface area contributed by atoms with Gasteiger partial charge in [-0.1, -0.05) is 30.3 Å². The summed E-state index contributed by atoms with van der Waals surface area (Å²) in [6.07, 6.45) is 6.59. The molecule has 0 aliphatic rings. The summed E-state index contributed by atoms with van der Waals surface area (Å²) in [5.74, 6) is -0.674. The number of esters is 1. The van der Waals surface area contributed by atoms with E-state index in [4.69, 9.17) is 4.74 Å². The van der Waals surface area contributed by atoms with Crippen molar-refractivity contribution in [1.82, 2.24) is 14.7 Å². The maximum atomic E-state index is 12.5. The van der Waals surface area contributed by atoms with Gasteiger partial charge in [0.1, 0.15) is 6.54 Å². The normalized spacial score (nSPS) is 10.8. The molecule has 1 aromatic heterocycles. The van der Waals surface area contributed by atoms with Crippen LogP contribution in [0, 0.1) is 0 Å². The second-order valence-electron chi connectivity index (χ2n) is 5.27. The molecule has 6 nitrogen and oxygen atoms in total. The molecule has 1 heterocycles. The Morgan fingerprint density at radius 3 is 2.67 bits per heavy atom. The van der Waals surface area contributed by atoms with Gasteiger partial charge in [0.2, 0.25) is 5.91 Å². The zero-order valence-electron chi connectivity index (χ0n) is 13.9. The smallest absolute Gasteiger partial charge is 0.325 e. The van der Waals surface area contributed by atoms with Gasteiger partial charge in [0.15, 0.2) is 0 Å². The Morgan fingerprint density at radius 1 is 1.29 bits per heavy atom. The first-order chi connectivity index (χ1) is 11.6. The Morgan fingerprint density at radius 2 is 2.04 bits per heavy atom. The van der Waals surface area contributed by atoms with Crippen molar-refractivity contribution >= 4 is 18.0 Å². The lowest BCUT2D eigenvalue weighted by Gasteiger charge is -2.20. The molecule has 0 saturated carbocycles. The van der Waals surface area contributed by atoms with Gasteiger partial charge in [0, 0.05) is 31.4 Å². The van der Waals surface area contributed by atoms with Crippen LogP contribution >= 0.6 is 0 Å². The van der Waals surface area contributed by atoms with Crippen LogP contribution in [-0.2, 0) is 27.9 Å². The van der Waals surface area contributed by atoms with Crippen LogP contribution in [0.25, 0.3) is 6.08 Å². The second kappa shape index (κ2) is 8.67. The standard InChI is InChI=1S/C18H21N3O3/c1-3-24-18(23)14-21(13-15-7-5-4-6-8-15)17(22)10-9-16-11-19-20(2)12-16/h4-12H,3,13-14H2,1-2H3/b10-9+. The van der Waals surface area contributed by atoms with E-state index >= 15 is 0 Å². The van der Waals surface area contributed by atoms with Crippen LogP contribution in [0.3, 0.4) is 0 Å². The summed E-state index contributed by atoms with van der Waals surface area (Å²) in [6.45, 7) is 2.29. The molecule has 0 aliphatic carbocycles. The molecule has 0 atom stereocenters. The second-order valence-corrected chi connectivity index (χ2v) is 5.27. The van der Waals surface area contributed by atoms with Gasteiger partial charge in [-0.2, -0.15) is 5.10 Å². The molecule has 1 amide bonds. The molecule has 1 aromatic carbocycles. The van der Waals surface area contributed by atoms with E-state index in [0.717, 1.165) is 11.1 Å². The van der Waals surface area contributed by atoms with Crippen molar-refractivity contribution in [3.8, 4) is 0 Å². The van der Waals surface area contributed by atoms with Crippen molar-refractivity contribution < 1.29 is 14.3 Å². The first kappa shape index (κ1) is 17.5. The van der Waals surface area contributed by atoms with Crippen molar-refractivity contribution in [2.45, 2.75) is 13.5 Å². The Labute approximate surface area is 141 Å². The summed E-state index contributed by atoms with van der Waals surface area (Å²) >= 11 is 0. The van der Waals surface area contributed by atoms with Gasteiger partial charge in [-0.15, -0.1) is 0 Å². The van der Waals surface area contributed by atoms with E-state index in [2.05, 4.69) is 5.10 Å². The highest BCUT2D eigenvalue weighted by Gasteiger charge is 2.16. The average Bonchev–Trinajstić information content (AvgIpc) is 2.98. The largest absolute Gasteiger partial charge is 0.465 e. The van der Waals surface area contributed by atoms with E-state index in [0.29, 0.717) is 6.54 Å². The summed E-state index contributed by atoms with van der Waals surface area (Å²) in [6, 6.07) is 9.53. The first-order valence-electron chi connectivity index (χ1n) is 7.73. The molecule has 2 rings (SSSR count). The summed E-state index contributed by atoms with van der Waals surface area (Å²) in [4.78, 5) is 25.7. The lowest BCUT2D eigenvalue weighted by Crippen LogP contribution is -2.35. The minimum atomic E-state index is -0.420. The highest BCUT2D eigenvalue weighted by Crippen LogP contribution is 2.07. The van der Waals surface area contributed by atoms with Crippen molar-refractivity contribution in [3.63, 3.8) is 0 Å². The Hall–Kier alpha value is -2.89. The molecule has 0 N–H and O–H groups in total. The highest BCUT2D eigenvalue weighted by molar-refractivity contribution is 5.93. The topological polar surface area (TPSA) is 64.4 Å². The first-order valence-corrected chi connectivity index (χ1v) is 7.73.